The predicted molar refractivity (Wildman–Crippen MR) is 576 cm³/mol. The van der Waals surface area contributed by atoms with Gasteiger partial charge in [-0.15, -0.1) is 0 Å². The van der Waals surface area contributed by atoms with Crippen LogP contribution in [0.1, 0.15) is 254 Å². The molecule has 0 aliphatic rings. The maximum Gasteiger partial charge on any atom is 0.407 e. The van der Waals surface area contributed by atoms with Gasteiger partial charge in [-0.1, -0.05) is 306 Å². The van der Waals surface area contributed by atoms with Crippen LogP contribution < -0.4 is 64.1 Å². The number of carbonyl (C=O) groups excluding carboxylic acids is 12. The maximum atomic E-state index is 14.6. The third-order valence-electron chi connectivity index (χ3n) is 21.6. The molecule has 0 fully saturated rings. The number of rotatable bonds is 42. The van der Waals surface area contributed by atoms with E-state index in [1.165, 1.54) is 114 Å². The van der Waals surface area contributed by atoms with Crippen molar-refractivity contribution in [3.8, 4) is 33.8 Å². The molecule has 0 unspecified atom stereocenters. The minimum absolute atomic E-state index is 0.0976. The van der Waals surface area contributed by atoms with Crippen molar-refractivity contribution in [2.45, 2.75) is 256 Å². The van der Waals surface area contributed by atoms with Gasteiger partial charge < -0.3 is 77.4 Å². The van der Waals surface area contributed by atoms with Crippen LogP contribution in [-0.4, -0.2) is 230 Å². The Morgan fingerprint density at radius 2 is 0.533 bits per heavy atom. The molecular weight excluding hydrogens is 1910 g/mol. The van der Waals surface area contributed by atoms with Crippen LogP contribution in [0.2, 0.25) is 0 Å². The number of aliphatic hydroxyl groups is 3. The van der Waals surface area contributed by atoms with E-state index >= 15 is 0 Å². The number of pyridine rings is 3. The standard InChI is InChI=1S/3C38H52N6O6/c3*1-25(45)40-33(38(5,6)7)35(48)43-44(23-27-17-19-28(20-18-27)29-16-12-13-21-39-29)24-31(46)30(22-26-14-10-9-11-15-26)41-34(47)32(37(2,3)4)42-36(49)50-8/h3*9-21,30-33,46H,22-24H2,1-8H3,(H,40,45)(H,41,47)(H,42,49)(H,43,48)/t3*30-,31-,32+,33+/m000/s1/i2D3,3D3,4D3,5D3,6D3,7D3,8D3,23D2;2D3,3D3,4D3,5D3,6D3,7D3,8D3;2D3,3D3,4D3,8D3. The van der Waals surface area contributed by atoms with Gasteiger partial charge in [0.05, 0.1) is 89.7 Å². The van der Waals surface area contributed by atoms with Gasteiger partial charge in [0, 0.05) is 157 Å². The predicted octanol–water partition coefficient (Wildman–Crippen LogP) is 12.0. The molecule has 6 aromatic carbocycles. The number of aromatic nitrogens is 3. The normalized spacial score (nSPS) is 21.3. The molecule has 150 heavy (non-hydrogen) atoms. The van der Waals surface area contributed by atoms with Crippen LogP contribution in [-0.2, 0) is 96.2 Å². The molecule has 810 valence electrons. The van der Waals surface area contributed by atoms with Crippen molar-refractivity contribution >= 4 is 71.4 Å². The Kier molecular flexibility index (Phi) is 24.1. The smallest absolute Gasteiger partial charge is 0.407 e. The zero-order chi connectivity index (χ0) is 158. The Hall–Kier alpha value is -14.4. The third-order valence-corrected chi connectivity index (χ3v) is 21.6. The maximum absolute atomic E-state index is 14.6. The minimum atomic E-state index is -4.31. The second-order valence-electron chi connectivity index (χ2n) is 35.4. The van der Waals surface area contributed by atoms with Gasteiger partial charge in [0.15, 0.2) is 0 Å². The van der Waals surface area contributed by atoms with E-state index in [4.69, 9.17) is 74.0 Å². The number of nitrogens with zero attached hydrogens (tertiary/aromatic N) is 6. The van der Waals surface area contributed by atoms with E-state index in [0.717, 1.165) is 29.6 Å². The Morgan fingerprint density at radius 1 is 0.293 bits per heavy atom. The lowest BCUT2D eigenvalue weighted by Gasteiger charge is -2.36. The summed E-state index contributed by atoms with van der Waals surface area (Å²) in [4.78, 5) is 176. The lowest BCUT2D eigenvalue weighted by molar-refractivity contribution is -0.135. The van der Waals surface area contributed by atoms with Crippen LogP contribution in [0.15, 0.2) is 237 Å². The molecule has 0 radical (unpaired) electrons. The molecule has 0 aliphatic heterocycles. The molecule has 9 aromatic rings. The average molecular weight is 2120 g/mol. The first-order valence-corrected chi connectivity index (χ1v) is 45.5. The Labute approximate surface area is 961 Å². The van der Waals surface area contributed by atoms with Crippen molar-refractivity contribution in [1.29, 1.82) is 0 Å². The zero-order valence-corrected chi connectivity index (χ0v) is 81.8. The molecule has 0 spiro atoms. The van der Waals surface area contributed by atoms with Crippen molar-refractivity contribution in [2.24, 2.45) is 32.5 Å². The summed E-state index contributed by atoms with van der Waals surface area (Å²) in [6.45, 7) is -61.2. The molecule has 3 heterocycles. The van der Waals surface area contributed by atoms with Gasteiger partial charge in [0.1, 0.15) is 36.3 Å². The SMILES string of the molecule is [2H]C([2H])([2H])OC(=O)N[C@H](C(=O)N[C@@H](Cc1ccccc1)[C@@H](O)CN(Cc1ccc(-c2ccccn2)cc1)NC(=O)[C@@H](NC(C)=O)C(C([2H])([2H])[2H])(C([2H])([2H])[2H])C([2H])([2H])[2H])C(C([2H])([2H])[2H])(C([2H])([2H])[2H])C([2H])([2H])[2H].[2H]C([2H])([2H])OC(=O)N[C@H](C(=O)N[C@@H](Cc1ccccc1)[C@@H](O)CN(Cc1ccc(-c2ccccn2)cc1)NC(=O)[C@@H](NC(C)=O)C(C)(C)C)C(C([2H])([2H])[2H])(C([2H])([2H])[2H])C([2H])([2H])[2H].[2H]C([2H])([2H])OC(=O)N[C@H](C(=O)N[C@@H](Cc1ccccc1)[C@@H](O)CN(NC(=O)[C@@H](NC(C)=O)C(C([2H])([2H])[2H])(C([2H])([2H])[2H])C([2H])([2H])[2H])C([2H])([2H])c1ccc(-c2ccccn2)cc1)C(C([2H])([2H])[2H])(C([2H])([2H])[2H])C([2H])([2H])[2H]. The van der Waals surface area contributed by atoms with Crippen LogP contribution in [0.3, 0.4) is 0 Å². The van der Waals surface area contributed by atoms with Gasteiger partial charge in [-0.05, 0) is 122 Å². The highest BCUT2D eigenvalue weighted by Gasteiger charge is 2.43. The number of hydrogen-bond acceptors (Lipinski definition) is 24. The van der Waals surface area contributed by atoms with Gasteiger partial charge in [0.2, 0.25) is 35.4 Å². The van der Waals surface area contributed by atoms with Gasteiger partial charge in [-0.2, -0.15) is 0 Å². The summed E-state index contributed by atoms with van der Waals surface area (Å²) >= 11 is 0. The van der Waals surface area contributed by atoms with E-state index < -0.39 is 352 Å². The zero-order valence-electron chi connectivity index (χ0n) is 138. The van der Waals surface area contributed by atoms with Crippen molar-refractivity contribution in [3.05, 3.63) is 270 Å². The van der Waals surface area contributed by atoms with Crippen LogP contribution in [0, 0.1) is 32.5 Å². The van der Waals surface area contributed by atoms with Crippen molar-refractivity contribution in [3.63, 3.8) is 0 Å². The monoisotopic (exact) mass is 2120 g/mol. The van der Waals surface area contributed by atoms with Crippen molar-refractivity contribution in [1.82, 2.24) is 94.1 Å². The molecule has 36 nitrogen and oxygen atoms in total. The third kappa shape index (κ3) is 41.6. The summed E-state index contributed by atoms with van der Waals surface area (Å²) in [6.07, 6.45) is -9.58. The van der Waals surface area contributed by atoms with Gasteiger partial charge in [-0.25, -0.2) is 29.4 Å². The number of carbonyl (C=O) groups is 12. The fourth-order valence-corrected chi connectivity index (χ4v) is 14.4. The first-order valence-electron chi connectivity index (χ1n) is 73.5. The van der Waals surface area contributed by atoms with Gasteiger partial charge >= 0.3 is 18.3 Å². The van der Waals surface area contributed by atoms with Crippen LogP contribution in [0.5, 0.6) is 0 Å². The number of aliphatic hydroxyl groups excluding tert-OH is 3. The lowest BCUT2D eigenvalue weighted by atomic mass is 9.85. The summed E-state index contributed by atoms with van der Waals surface area (Å²) in [6, 6.07) is 33.9. The van der Waals surface area contributed by atoms with E-state index in [2.05, 4.69) is 61.3 Å². The number of alkyl carbamates (subject to hydrolysis) is 3. The quantitative estimate of drug-likeness (QED) is 0.0125. The average Bonchev–Trinajstić information content (AvgIpc) is 0.715. The second-order valence-corrected chi connectivity index (χ2v) is 35.4. The molecular formula is C114H156N18O18. The topological polar surface area (TPSA) is 486 Å². The molecule has 12 atom stereocenters. The van der Waals surface area contributed by atoms with Crippen molar-refractivity contribution < 1.29 is 164 Å². The molecule has 36 heteroatoms. The largest absolute Gasteiger partial charge is 0.453 e. The summed E-state index contributed by atoms with van der Waals surface area (Å²) in [5.41, 5.74) is -10.1. The number of ether oxygens (including phenoxy) is 3. The number of hydrogen-bond donors (Lipinski definition) is 15. The Morgan fingerprint density at radius 3 is 0.773 bits per heavy atom. The van der Waals surface area contributed by atoms with E-state index in [1.807, 2.05) is 22.9 Å². The molecule has 0 saturated carbocycles. The minimum Gasteiger partial charge on any atom is -0.453 e. The molecule has 0 bridgehead atoms. The number of benzene rings is 6. The van der Waals surface area contributed by atoms with Gasteiger partial charge in [-0.3, -0.25) is 74.4 Å². The Balaban J connectivity index is 0.000000411. The van der Waals surface area contributed by atoms with Crippen molar-refractivity contribution in [2.75, 3.05) is 40.7 Å². The first-order chi connectivity index (χ1) is 93.4. The van der Waals surface area contributed by atoms with E-state index in [-0.39, 0.29) is 34.7 Å². The molecule has 0 aliphatic carbocycles. The summed E-state index contributed by atoms with van der Waals surface area (Å²) in [5, 5.41) is 56.0. The molecule has 12 amide bonds. The summed E-state index contributed by atoms with van der Waals surface area (Å²) < 4.78 is 466. The van der Waals surface area contributed by atoms with Crippen LogP contribution in [0.4, 0.5) is 14.4 Å². The number of methoxy groups -OCH3 is 3. The molecule has 0 saturated heterocycles. The van der Waals surface area contributed by atoms with E-state index in [9.17, 15) is 75.6 Å². The van der Waals surface area contributed by atoms with Crippen LogP contribution in [0.25, 0.3) is 33.8 Å². The fraction of sp³-hybridized carbons (Fsp3) is 0.447. The summed E-state index contributed by atoms with van der Waals surface area (Å²) in [7, 11) is -10.8. The highest BCUT2D eigenvalue weighted by atomic mass is 16.5. The highest BCUT2D eigenvalue weighted by molar-refractivity contribution is 5.91. The molecule has 9 rings (SSSR count). The second kappa shape index (κ2) is 57.4. The number of amides is 12. The lowest BCUT2D eigenvalue weighted by Crippen LogP contribution is -2.60. The van der Waals surface area contributed by atoms with E-state index in [1.54, 1.807) is 153 Å². The Bertz CT molecular complexity index is 7930. The number of hydrazine groups is 3. The fourth-order valence-electron chi connectivity index (χ4n) is 14.4. The number of nitrogens with one attached hydrogen (secondary N) is 12. The van der Waals surface area contributed by atoms with Gasteiger partial charge in [0.25, 0.3) is 17.7 Å². The van der Waals surface area contributed by atoms with E-state index in [0.29, 0.717) is 46.3 Å². The van der Waals surface area contributed by atoms with Crippen LogP contribution >= 0.6 is 0 Å². The molecule has 15 N–H and O–H groups in total. The first kappa shape index (κ1) is 62.9. The molecule has 3 aromatic heterocycles. The summed E-state index contributed by atoms with van der Waals surface area (Å²) in [5.74, 6) is -13.2. The highest BCUT2D eigenvalue weighted by Crippen LogP contribution is 2.30.